The van der Waals surface area contributed by atoms with Crippen LogP contribution in [-0.4, -0.2) is 38.7 Å². The second-order valence-corrected chi connectivity index (χ2v) is 7.14. The average Bonchev–Trinajstić information content (AvgIpc) is 2.61. The van der Waals surface area contributed by atoms with Crippen molar-refractivity contribution in [2.24, 2.45) is 0 Å². The average molecular weight is 364 g/mol. The molecule has 0 fully saturated rings. The summed E-state index contributed by atoms with van der Waals surface area (Å²) in [6.07, 6.45) is 0. The Bertz CT molecular complexity index is 881. The van der Waals surface area contributed by atoms with E-state index in [1.54, 1.807) is 18.2 Å². The number of rotatable bonds is 7. The SMILES string of the molecule is COc1ccc([N+](=O)[O-])cc1C(=O)NCCS(=O)(=O)c1ccccc1. The molecular weight excluding hydrogens is 348 g/mol. The zero-order chi connectivity index (χ0) is 18.4. The van der Waals surface area contributed by atoms with Crippen molar-refractivity contribution in [3.63, 3.8) is 0 Å². The van der Waals surface area contributed by atoms with E-state index in [1.807, 2.05) is 0 Å². The molecule has 0 aliphatic rings. The molecule has 0 radical (unpaired) electrons. The third-order valence-electron chi connectivity index (χ3n) is 3.40. The van der Waals surface area contributed by atoms with Crippen LogP contribution in [0.4, 0.5) is 5.69 Å². The molecule has 1 amide bonds. The third kappa shape index (κ3) is 4.54. The van der Waals surface area contributed by atoms with Crippen LogP contribution in [0.25, 0.3) is 0 Å². The molecular formula is C16H16N2O6S. The fraction of sp³-hybridized carbons (Fsp3) is 0.188. The smallest absolute Gasteiger partial charge is 0.270 e. The van der Waals surface area contributed by atoms with Gasteiger partial charge in [0.2, 0.25) is 0 Å². The highest BCUT2D eigenvalue weighted by atomic mass is 32.2. The van der Waals surface area contributed by atoms with Crippen LogP contribution in [0.3, 0.4) is 0 Å². The number of nitro benzene ring substituents is 1. The predicted octanol–water partition coefficient (Wildman–Crippen LogP) is 1.81. The lowest BCUT2D eigenvalue weighted by molar-refractivity contribution is -0.384. The first-order valence-electron chi connectivity index (χ1n) is 7.23. The van der Waals surface area contributed by atoms with Gasteiger partial charge in [-0.2, -0.15) is 0 Å². The number of nitrogens with one attached hydrogen (secondary N) is 1. The molecule has 2 aromatic carbocycles. The minimum absolute atomic E-state index is 0.0335. The number of carbonyl (C=O) groups is 1. The van der Waals surface area contributed by atoms with Crippen molar-refractivity contribution in [3.8, 4) is 5.75 Å². The van der Waals surface area contributed by atoms with E-state index in [1.165, 1.54) is 31.4 Å². The van der Waals surface area contributed by atoms with Crippen molar-refractivity contribution in [1.29, 1.82) is 0 Å². The molecule has 0 saturated carbocycles. The van der Waals surface area contributed by atoms with Gasteiger partial charge in [-0.1, -0.05) is 18.2 Å². The Labute approximate surface area is 144 Å². The number of nitro groups is 1. The third-order valence-corrected chi connectivity index (χ3v) is 5.13. The van der Waals surface area contributed by atoms with Crippen LogP contribution in [0.15, 0.2) is 53.4 Å². The number of methoxy groups -OCH3 is 1. The van der Waals surface area contributed by atoms with E-state index in [0.29, 0.717) is 0 Å². The first-order chi connectivity index (χ1) is 11.8. The molecule has 0 saturated heterocycles. The van der Waals surface area contributed by atoms with Gasteiger partial charge in [0.25, 0.3) is 11.6 Å². The van der Waals surface area contributed by atoms with Crippen LogP contribution in [0.2, 0.25) is 0 Å². The number of ether oxygens (including phenoxy) is 1. The topological polar surface area (TPSA) is 116 Å². The zero-order valence-electron chi connectivity index (χ0n) is 13.3. The molecule has 0 atom stereocenters. The Balaban J connectivity index is 2.08. The van der Waals surface area contributed by atoms with Crippen molar-refractivity contribution < 1.29 is 22.9 Å². The van der Waals surface area contributed by atoms with Crippen LogP contribution < -0.4 is 10.1 Å². The normalized spacial score (nSPS) is 10.9. The highest BCUT2D eigenvalue weighted by molar-refractivity contribution is 7.91. The van der Waals surface area contributed by atoms with Crippen LogP contribution in [0.5, 0.6) is 5.75 Å². The quantitative estimate of drug-likeness (QED) is 0.592. The Kier molecular flexibility index (Phi) is 5.71. The number of hydrogen-bond donors (Lipinski definition) is 1. The second kappa shape index (κ2) is 7.75. The first-order valence-corrected chi connectivity index (χ1v) is 8.89. The van der Waals surface area contributed by atoms with Gasteiger partial charge in [0.05, 0.1) is 28.2 Å². The Morgan fingerprint density at radius 2 is 1.88 bits per heavy atom. The summed E-state index contributed by atoms with van der Waals surface area (Å²) in [5.74, 6) is -0.780. The van der Waals surface area contributed by atoms with Crippen molar-refractivity contribution >= 4 is 21.4 Å². The number of hydrogen-bond acceptors (Lipinski definition) is 6. The van der Waals surface area contributed by atoms with Gasteiger partial charge < -0.3 is 10.1 Å². The molecule has 2 rings (SSSR count). The molecule has 1 N–H and O–H groups in total. The number of benzene rings is 2. The van der Waals surface area contributed by atoms with Gasteiger partial charge in [0.15, 0.2) is 9.84 Å². The fourth-order valence-electron chi connectivity index (χ4n) is 2.13. The fourth-order valence-corrected chi connectivity index (χ4v) is 3.31. The van der Waals surface area contributed by atoms with Gasteiger partial charge in [0, 0.05) is 18.7 Å². The van der Waals surface area contributed by atoms with Gasteiger partial charge in [0.1, 0.15) is 5.75 Å². The Hall–Kier alpha value is -2.94. The van der Waals surface area contributed by atoms with Gasteiger partial charge >= 0.3 is 0 Å². The van der Waals surface area contributed by atoms with E-state index in [-0.39, 0.29) is 34.2 Å². The minimum atomic E-state index is -3.53. The maximum Gasteiger partial charge on any atom is 0.270 e. The summed E-state index contributed by atoms with van der Waals surface area (Å²) >= 11 is 0. The lowest BCUT2D eigenvalue weighted by Crippen LogP contribution is -2.29. The molecule has 0 unspecified atom stereocenters. The summed E-state index contributed by atoms with van der Waals surface area (Å²) in [5.41, 5.74) is -0.295. The van der Waals surface area contributed by atoms with E-state index in [2.05, 4.69) is 5.32 Å². The standard InChI is InChI=1S/C16H16N2O6S/c1-24-15-8-7-12(18(20)21)11-14(15)16(19)17-9-10-25(22,23)13-5-3-2-4-6-13/h2-8,11H,9-10H2,1H3,(H,17,19). The largest absolute Gasteiger partial charge is 0.496 e. The van der Waals surface area contributed by atoms with Gasteiger partial charge in [-0.15, -0.1) is 0 Å². The number of sulfone groups is 1. The predicted molar refractivity (Wildman–Crippen MR) is 90.5 cm³/mol. The lowest BCUT2D eigenvalue weighted by atomic mass is 10.1. The van der Waals surface area contributed by atoms with Crippen LogP contribution in [0.1, 0.15) is 10.4 Å². The number of carbonyl (C=O) groups excluding carboxylic acids is 1. The summed E-state index contributed by atoms with van der Waals surface area (Å²) in [6, 6.07) is 11.5. The monoisotopic (exact) mass is 364 g/mol. The van der Waals surface area contributed by atoms with Crippen molar-refractivity contribution in [2.45, 2.75) is 4.90 Å². The highest BCUT2D eigenvalue weighted by Gasteiger charge is 2.19. The molecule has 8 nitrogen and oxygen atoms in total. The maximum absolute atomic E-state index is 12.2. The van der Waals surface area contributed by atoms with E-state index in [4.69, 9.17) is 4.74 Å². The van der Waals surface area contributed by atoms with Gasteiger partial charge in [-0.05, 0) is 18.2 Å². The molecule has 2 aromatic rings. The molecule has 9 heteroatoms. The number of nitrogens with zero attached hydrogens (tertiary/aromatic N) is 1. The molecule has 0 heterocycles. The van der Waals surface area contributed by atoms with Crippen LogP contribution in [-0.2, 0) is 9.84 Å². The van der Waals surface area contributed by atoms with Gasteiger partial charge in [-0.25, -0.2) is 8.42 Å². The lowest BCUT2D eigenvalue weighted by Gasteiger charge is -2.09. The second-order valence-electron chi connectivity index (χ2n) is 5.03. The molecule has 0 aromatic heterocycles. The molecule has 0 bridgehead atoms. The van der Waals surface area contributed by atoms with Gasteiger partial charge in [-0.3, -0.25) is 14.9 Å². The summed E-state index contributed by atoms with van der Waals surface area (Å²) in [7, 11) is -2.20. The molecule has 0 spiro atoms. The number of non-ortho nitro benzene ring substituents is 1. The molecule has 25 heavy (non-hydrogen) atoms. The van der Waals surface area contributed by atoms with Crippen molar-refractivity contribution in [3.05, 3.63) is 64.2 Å². The molecule has 132 valence electrons. The van der Waals surface area contributed by atoms with Crippen LogP contribution in [0, 0.1) is 10.1 Å². The summed E-state index contributed by atoms with van der Waals surface area (Å²) in [4.78, 5) is 22.6. The van der Waals surface area contributed by atoms with E-state index in [0.717, 1.165) is 6.07 Å². The summed E-state index contributed by atoms with van der Waals surface area (Å²) < 4.78 is 29.3. The maximum atomic E-state index is 12.2. The molecule has 0 aliphatic heterocycles. The van der Waals surface area contributed by atoms with E-state index in [9.17, 15) is 23.3 Å². The Morgan fingerprint density at radius 3 is 2.48 bits per heavy atom. The van der Waals surface area contributed by atoms with Crippen molar-refractivity contribution in [2.75, 3.05) is 19.4 Å². The number of amides is 1. The Morgan fingerprint density at radius 1 is 1.20 bits per heavy atom. The summed E-state index contributed by atoms with van der Waals surface area (Å²) in [5, 5.41) is 13.3. The van der Waals surface area contributed by atoms with Crippen molar-refractivity contribution in [1.82, 2.24) is 5.32 Å². The van der Waals surface area contributed by atoms with E-state index >= 15 is 0 Å². The van der Waals surface area contributed by atoms with Crippen LogP contribution >= 0.6 is 0 Å². The minimum Gasteiger partial charge on any atom is -0.496 e. The first kappa shape index (κ1) is 18.4. The highest BCUT2D eigenvalue weighted by Crippen LogP contribution is 2.23. The summed E-state index contributed by atoms with van der Waals surface area (Å²) in [6.45, 7) is -0.137. The molecule has 0 aliphatic carbocycles. The zero-order valence-corrected chi connectivity index (χ0v) is 14.2. The van der Waals surface area contributed by atoms with E-state index < -0.39 is 20.7 Å².